The van der Waals surface area contributed by atoms with Gasteiger partial charge < -0.3 is 89.9 Å². The minimum absolute atomic E-state index is 0.227. The van der Waals surface area contributed by atoms with Crippen molar-refractivity contribution in [3.63, 3.8) is 0 Å². The van der Waals surface area contributed by atoms with E-state index in [1.165, 1.54) is 128 Å². The van der Waals surface area contributed by atoms with Crippen molar-refractivity contribution in [3.05, 3.63) is 36.5 Å². The summed E-state index contributed by atoms with van der Waals surface area (Å²) in [4.78, 5) is 13.3. The minimum atomic E-state index is -1.98. The molecule has 3 aliphatic rings. The van der Waals surface area contributed by atoms with Crippen LogP contribution in [0.15, 0.2) is 36.5 Å². The van der Waals surface area contributed by atoms with Crippen LogP contribution in [0.4, 0.5) is 0 Å². The van der Waals surface area contributed by atoms with Crippen molar-refractivity contribution in [2.24, 2.45) is 0 Å². The third kappa shape index (κ3) is 29.1. The van der Waals surface area contributed by atoms with E-state index >= 15 is 0 Å². The molecule has 0 radical (unpaired) electrons. The van der Waals surface area contributed by atoms with Gasteiger partial charge in [0.25, 0.3) is 0 Å². The molecule has 19 nitrogen and oxygen atoms in total. The van der Waals surface area contributed by atoms with Crippen LogP contribution in [0.25, 0.3) is 0 Å². The van der Waals surface area contributed by atoms with Gasteiger partial charge in [-0.2, -0.15) is 0 Å². The summed E-state index contributed by atoms with van der Waals surface area (Å²) in [5.41, 5.74) is 0. The molecule has 3 aliphatic heterocycles. The highest BCUT2D eigenvalue weighted by Crippen LogP contribution is 2.33. The number of aliphatic hydroxyl groups is 11. The van der Waals surface area contributed by atoms with Crippen LogP contribution >= 0.6 is 0 Å². The molecule has 17 atom stereocenters. The Morgan fingerprint density at radius 2 is 0.805 bits per heavy atom. The number of amides is 1. The largest absolute Gasteiger partial charge is 0.394 e. The van der Waals surface area contributed by atoms with Crippen molar-refractivity contribution in [2.75, 3.05) is 26.4 Å². The number of aliphatic hydroxyl groups excluding tert-OH is 11. The zero-order chi connectivity index (χ0) is 59.7. The molecule has 3 rings (SSSR count). The van der Waals surface area contributed by atoms with Crippen LogP contribution in [0.5, 0.6) is 0 Å². The zero-order valence-corrected chi connectivity index (χ0v) is 50.2. The van der Waals surface area contributed by atoms with Crippen molar-refractivity contribution in [1.29, 1.82) is 0 Å². The minimum Gasteiger partial charge on any atom is -0.394 e. The lowest BCUT2D eigenvalue weighted by atomic mass is 9.96. The second-order valence-electron chi connectivity index (χ2n) is 23.2. The van der Waals surface area contributed by atoms with Gasteiger partial charge in [0.05, 0.1) is 38.6 Å². The molecule has 0 spiro atoms. The Balaban J connectivity index is 1.48. The molecule has 82 heavy (non-hydrogen) atoms. The predicted octanol–water partition coefficient (Wildman–Crippen LogP) is 6.88. The molecule has 0 bridgehead atoms. The normalized spacial score (nSPS) is 29.8. The molecule has 0 aliphatic carbocycles. The van der Waals surface area contributed by atoms with Gasteiger partial charge in [0.2, 0.25) is 5.91 Å². The first-order valence-electron chi connectivity index (χ1n) is 32.2. The monoisotopic (exact) mass is 1170 g/mol. The lowest BCUT2D eigenvalue weighted by Gasteiger charge is -2.48. The fourth-order valence-electron chi connectivity index (χ4n) is 10.9. The van der Waals surface area contributed by atoms with Gasteiger partial charge in [0.1, 0.15) is 73.2 Å². The molecular weight excluding hydrogens is 1060 g/mol. The van der Waals surface area contributed by atoms with Gasteiger partial charge in [-0.15, -0.1) is 0 Å². The smallest absolute Gasteiger partial charge is 0.220 e. The van der Waals surface area contributed by atoms with Crippen molar-refractivity contribution in [3.8, 4) is 0 Å². The highest BCUT2D eigenvalue weighted by molar-refractivity contribution is 5.76. The van der Waals surface area contributed by atoms with E-state index in [0.29, 0.717) is 6.42 Å². The molecule has 3 heterocycles. The van der Waals surface area contributed by atoms with E-state index in [2.05, 4.69) is 43.5 Å². The van der Waals surface area contributed by atoms with E-state index in [4.69, 9.17) is 28.4 Å². The van der Waals surface area contributed by atoms with E-state index in [-0.39, 0.29) is 18.9 Å². The molecule has 0 aromatic heterocycles. The van der Waals surface area contributed by atoms with Crippen molar-refractivity contribution < 1.29 is 89.4 Å². The number of allylic oxidation sites excluding steroid dienone is 5. The maximum atomic E-state index is 13.3. The third-order valence-electron chi connectivity index (χ3n) is 16.2. The Morgan fingerprint density at radius 3 is 1.27 bits per heavy atom. The number of carbonyl (C=O) groups is 1. The second-order valence-corrected chi connectivity index (χ2v) is 23.2. The number of nitrogens with one attached hydrogen (secondary N) is 1. The van der Waals surface area contributed by atoms with Gasteiger partial charge in [-0.05, 0) is 51.4 Å². The Bertz CT molecular complexity index is 1640. The van der Waals surface area contributed by atoms with E-state index in [1.54, 1.807) is 6.08 Å². The first-order chi connectivity index (χ1) is 39.8. The quantitative estimate of drug-likeness (QED) is 0.0218. The van der Waals surface area contributed by atoms with Gasteiger partial charge in [-0.1, -0.05) is 204 Å². The van der Waals surface area contributed by atoms with Crippen LogP contribution < -0.4 is 5.32 Å². The SMILES string of the molecule is CCCCC/C=C\C/C=C\CCCCCCCC(=O)NC(COC1OC(CO)C(OC2OC(CO)C(OC3OC(CO)C(O)C(O)C3O)C(O)C2O)C(O)C1O)C(O)/C=C/CCCCCCCCCCCCCCCCCCCCCC. The maximum Gasteiger partial charge on any atom is 0.220 e. The second kappa shape index (κ2) is 46.2. The van der Waals surface area contributed by atoms with E-state index in [9.17, 15) is 61.0 Å². The lowest BCUT2D eigenvalue weighted by Crippen LogP contribution is -2.66. The first-order valence-corrected chi connectivity index (χ1v) is 32.2. The first kappa shape index (κ1) is 74.3. The predicted molar refractivity (Wildman–Crippen MR) is 314 cm³/mol. The Morgan fingerprint density at radius 1 is 0.439 bits per heavy atom. The summed E-state index contributed by atoms with van der Waals surface area (Å²) in [6.07, 6.45) is 24.1. The highest BCUT2D eigenvalue weighted by Gasteiger charge is 2.53. The van der Waals surface area contributed by atoms with Gasteiger partial charge >= 0.3 is 0 Å². The third-order valence-corrected chi connectivity index (χ3v) is 16.2. The number of ether oxygens (including phenoxy) is 6. The Labute approximate surface area is 491 Å². The number of hydrogen-bond acceptors (Lipinski definition) is 18. The van der Waals surface area contributed by atoms with Crippen molar-refractivity contribution >= 4 is 5.91 Å². The summed E-state index contributed by atoms with van der Waals surface area (Å²) in [5, 5.41) is 120. The molecule has 3 fully saturated rings. The molecule has 12 N–H and O–H groups in total. The van der Waals surface area contributed by atoms with E-state index in [1.807, 2.05) is 6.08 Å². The number of rotatable bonds is 48. The fraction of sp³-hybridized carbons (Fsp3) is 0.889. The zero-order valence-electron chi connectivity index (χ0n) is 50.2. The lowest BCUT2D eigenvalue weighted by molar-refractivity contribution is -0.379. The van der Waals surface area contributed by atoms with Gasteiger partial charge in [-0.3, -0.25) is 4.79 Å². The summed E-state index contributed by atoms with van der Waals surface area (Å²) in [5.74, 6) is -0.289. The van der Waals surface area contributed by atoms with Crippen LogP contribution in [0.1, 0.15) is 226 Å². The van der Waals surface area contributed by atoms with Crippen molar-refractivity contribution in [1.82, 2.24) is 5.32 Å². The molecule has 1 amide bonds. The van der Waals surface area contributed by atoms with Crippen LogP contribution in [0, 0.1) is 0 Å². The number of hydrogen-bond donors (Lipinski definition) is 12. The number of carbonyl (C=O) groups excluding carboxylic acids is 1. The molecule has 480 valence electrons. The molecule has 3 saturated heterocycles. The van der Waals surface area contributed by atoms with E-state index < -0.39 is 124 Å². The molecule has 0 aromatic carbocycles. The van der Waals surface area contributed by atoms with Crippen LogP contribution in [0.2, 0.25) is 0 Å². The molecule has 0 saturated carbocycles. The summed E-state index contributed by atoms with van der Waals surface area (Å²) in [6.45, 7) is 1.70. The molecule has 17 unspecified atom stereocenters. The fourth-order valence-corrected chi connectivity index (χ4v) is 10.9. The number of unbranched alkanes of at least 4 members (excludes halogenated alkanes) is 28. The standard InChI is InChI=1S/C63H115NO18/c1-3-5-7-9-11-13-15-17-19-20-21-22-23-24-25-27-28-30-32-34-36-38-40-47(68)46(64-51(69)41-39-37-35-33-31-29-26-18-16-14-12-10-8-6-4-2)45-77-61-57(75)54(72)59(49(43-66)79-61)82-63-58(76)55(73)60(50(44-67)80-63)81-62-56(74)53(71)52(70)48(42-65)78-62/h12,14,18,26,38,40,46-50,52-63,65-68,70-76H,3-11,13,15-17,19-25,27-37,39,41-45H2,1-2H3,(H,64,69)/b14-12-,26-18-,40-38+. The molecular formula is C63H115NO18. The average Bonchev–Trinajstić information content (AvgIpc) is 3.40. The van der Waals surface area contributed by atoms with Crippen molar-refractivity contribution in [2.45, 2.75) is 330 Å². The van der Waals surface area contributed by atoms with Gasteiger partial charge in [0.15, 0.2) is 18.9 Å². The Hall–Kier alpha value is -1.99. The molecule has 19 heteroatoms. The van der Waals surface area contributed by atoms with Gasteiger partial charge in [0, 0.05) is 6.42 Å². The maximum absolute atomic E-state index is 13.3. The van der Waals surface area contributed by atoms with Crippen LogP contribution in [-0.4, -0.2) is 193 Å². The average molecular weight is 1170 g/mol. The molecule has 0 aromatic rings. The van der Waals surface area contributed by atoms with Crippen LogP contribution in [0.3, 0.4) is 0 Å². The summed E-state index contributed by atoms with van der Waals surface area (Å²) in [6, 6.07) is -0.980. The highest BCUT2D eigenvalue weighted by atomic mass is 16.8. The van der Waals surface area contributed by atoms with Gasteiger partial charge in [-0.25, -0.2) is 0 Å². The summed E-state index contributed by atoms with van der Waals surface area (Å²) < 4.78 is 34.3. The topological polar surface area (TPSA) is 307 Å². The van der Waals surface area contributed by atoms with Crippen LogP contribution in [-0.2, 0) is 33.2 Å². The summed E-state index contributed by atoms with van der Waals surface area (Å²) >= 11 is 0. The summed E-state index contributed by atoms with van der Waals surface area (Å²) in [7, 11) is 0. The van der Waals surface area contributed by atoms with E-state index in [0.717, 1.165) is 70.6 Å². The Kier molecular flexibility index (Phi) is 41.8.